The Morgan fingerprint density at radius 3 is 2.59 bits per heavy atom. The van der Waals surface area contributed by atoms with E-state index in [1.807, 2.05) is 0 Å². The van der Waals surface area contributed by atoms with Gasteiger partial charge in [0.25, 0.3) is 5.91 Å². The largest absolute Gasteiger partial charge is 0.368 e. The molecule has 94 valence electrons. The van der Waals surface area contributed by atoms with Crippen LogP contribution in [0.2, 0.25) is 0 Å². The number of nitriles is 1. The number of amides is 1. The molecule has 0 N–H and O–H groups in total. The van der Waals surface area contributed by atoms with Crippen LogP contribution in [-0.2, 0) is 9.53 Å². The van der Waals surface area contributed by atoms with Crippen LogP contribution in [0.1, 0.15) is 44.9 Å². The number of hydrogen-bond acceptors (Lipinski definition) is 3. The highest BCUT2D eigenvalue weighted by atomic mass is 16.5. The van der Waals surface area contributed by atoms with E-state index in [4.69, 9.17) is 4.74 Å². The average Bonchev–Trinajstić information content (AvgIpc) is 2.91. The number of nitrogens with zero attached hydrogens (tertiary/aromatic N) is 2. The lowest BCUT2D eigenvalue weighted by molar-refractivity contribution is -0.144. The second-order valence-corrected chi connectivity index (χ2v) is 5.10. The second-order valence-electron chi connectivity index (χ2n) is 5.10. The first-order chi connectivity index (χ1) is 8.19. The quantitative estimate of drug-likeness (QED) is 0.735. The standard InChI is InChI=1S/C13H20N2O2/c1-15(12(16)11-6-5-9-17-11)13(10-14)7-3-2-4-8-13/h11H,2-9H2,1H3. The van der Waals surface area contributed by atoms with Crippen LogP contribution in [0.5, 0.6) is 0 Å². The van der Waals surface area contributed by atoms with Gasteiger partial charge in [0.1, 0.15) is 11.6 Å². The summed E-state index contributed by atoms with van der Waals surface area (Å²) < 4.78 is 5.42. The Morgan fingerprint density at radius 2 is 2.06 bits per heavy atom. The van der Waals surface area contributed by atoms with Crippen LogP contribution in [0.3, 0.4) is 0 Å². The van der Waals surface area contributed by atoms with Gasteiger partial charge in [0.05, 0.1) is 6.07 Å². The fourth-order valence-corrected chi connectivity index (χ4v) is 2.86. The minimum atomic E-state index is -0.582. The van der Waals surface area contributed by atoms with Crippen LogP contribution < -0.4 is 0 Å². The zero-order valence-corrected chi connectivity index (χ0v) is 10.4. The summed E-state index contributed by atoms with van der Waals surface area (Å²) in [6, 6.07) is 2.37. The maximum Gasteiger partial charge on any atom is 0.252 e. The Balaban J connectivity index is 2.08. The minimum Gasteiger partial charge on any atom is -0.368 e. The number of likely N-dealkylation sites (N-methyl/N-ethyl adjacent to an activating group) is 1. The van der Waals surface area contributed by atoms with Gasteiger partial charge in [-0.3, -0.25) is 4.79 Å². The normalized spacial score (nSPS) is 27.4. The van der Waals surface area contributed by atoms with E-state index in [1.165, 1.54) is 6.42 Å². The third kappa shape index (κ3) is 2.30. The van der Waals surface area contributed by atoms with Crippen LogP contribution in [0.15, 0.2) is 0 Å². The van der Waals surface area contributed by atoms with Gasteiger partial charge in [-0.1, -0.05) is 19.3 Å². The molecule has 1 aliphatic carbocycles. The van der Waals surface area contributed by atoms with Crippen LogP contribution in [0.25, 0.3) is 0 Å². The molecule has 4 nitrogen and oxygen atoms in total. The van der Waals surface area contributed by atoms with E-state index in [0.29, 0.717) is 6.61 Å². The molecule has 1 saturated carbocycles. The third-order valence-corrected chi connectivity index (χ3v) is 4.07. The summed E-state index contributed by atoms with van der Waals surface area (Å²) in [6.07, 6.45) is 6.29. The molecule has 2 fully saturated rings. The summed E-state index contributed by atoms with van der Waals surface area (Å²) in [7, 11) is 1.76. The van der Waals surface area contributed by atoms with Crippen molar-refractivity contribution in [1.29, 1.82) is 5.26 Å². The Labute approximate surface area is 103 Å². The van der Waals surface area contributed by atoms with Gasteiger partial charge in [-0.2, -0.15) is 5.26 Å². The number of ether oxygens (including phenoxy) is 1. The summed E-state index contributed by atoms with van der Waals surface area (Å²) in [5, 5.41) is 9.42. The zero-order valence-electron chi connectivity index (χ0n) is 10.4. The molecule has 1 saturated heterocycles. The van der Waals surface area contributed by atoms with Crippen LogP contribution in [0.4, 0.5) is 0 Å². The van der Waals surface area contributed by atoms with Crippen molar-refractivity contribution in [3.05, 3.63) is 0 Å². The first-order valence-electron chi connectivity index (χ1n) is 6.50. The van der Waals surface area contributed by atoms with Crippen molar-refractivity contribution in [1.82, 2.24) is 4.90 Å². The molecule has 0 radical (unpaired) electrons. The highest BCUT2D eigenvalue weighted by molar-refractivity contribution is 5.82. The lowest BCUT2D eigenvalue weighted by atomic mass is 9.81. The highest BCUT2D eigenvalue weighted by Gasteiger charge is 2.41. The molecular formula is C13H20N2O2. The summed E-state index contributed by atoms with van der Waals surface area (Å²) in [6.45, 7) is 0.670. The molecule has 1 amide bonds. The van der Waals surface area contributed by atoms with E-state index in [-0.39, 0.29) is 12.0 Å². The van der Waals surface area contributed by atoms with Crippen molar-refractivity contribution >= 4 is 5.91 Å². The number of carbonyl (C=O) groups excluding carboxylic acids is 1. The molecule has 0 aromatic rings. The van der Waals surface area contributed by atoms with Crippen molar-refractivity contribution in [2.45, 2.75) is 56.6 Å². The first-order valence-corrected chi connectivity index (χ1v) is 6.50. The molecule has 1 atom stereocenters. The predicted molar refractivity (Wildman–Crippen MR) is 63.2 cm³/mol. The van der Waals surface area contributed by atoms with Gasteiger partial charge in [0, 0.05) is 13.7 Å². The summed E-state index contributed by atoms with van der Waals surface area (Å²) in [5.74, 6) is -0.00838. The summed E-state index contributed by atoms with van der Waals surface area (Å²) in [4.78, 5) is 13.9. The number of rotatable bonds is 2. The molecule has 2 rings (SSSR count). The molecule has 0 aromatic carbocycles. The Hall–Kier alpha value is -1.08. The van der Waals surface area contributed by atoms with Crippen LogP contribution >= 0.6 is 0 Å². The van der Waals surface area contributed by atoms with Crippen LogP contribution in [0, 0.1) is 11.3 Å². The summed E-state index contributed by atoms with van der Waals surface area (Å²) >= 11 is 0. The number of carbonyl (C=O) groups is 1. The molecule has 2 aliphatic rings. The molecule has 0 bridgehead atoms. The molecule has 4 heteroatoms. The maximum atomic E-state index is 12.3. The van der Waals surface area contributed by atoms with E-state index in [9.17, 15) is 10.1 Å². The van der Waals surface area contributed by atoms with E-state index >= 15 is 0 Å². The van der Waals surface area contributed by atoms with E-state index < -0.39 is 5.54 Å². The van der Waals surface area contributed by atoms with E-state index in [0.717, 1.165) is 38.5 Å². The SMILES string of the molecule is CN(C(=O)C1CCCO1)C1(C#N)CCCCC1. The fourth-order valence-electron chi connectivity index (χ4n) is 2.86. The Morgan fingerprint density at radius 1 is 1.35 bits per heavy atom. The van der Waals surface area contributed by atoms with Gasteiger partial charge in [-0.05, 0) is 25.7 Å². The van der Waals surface area contributed by atoms with Crippen LogP contribution in [-0.4, -0.2) is 36.1 Å². The molecule has 17 heavy (non-hydrogen) atoms. The minimum absolute atomic E-state index is 0.00838. The van der Waals surface area contributed by atoms with Crippen molar-refractivity contribution in [3.63, 3.8) is 0 Å². The van der Waals surface area contributed by atoms with E-state index in [2.05, 4.69) is 6.07 Å². The summed E-state index contributed by atoms with van der Waals surface area (Å²) in [5.41, 5.74) is -0.582. The molecule has 1 heterocycles. The monoisotopic (exact) mass is 236 g/mol. The average molecular weight is 236 g/mol. The van der Waals surface area contributed by atoms with Crippen molar-refractivity contribution < 1.29 is 9.53 Å². The van der Waals surface area contributed by atoms with Gasteiger partial charge in [-0.25, -0.2) is 0 Å². The molecule has 0 aromatic heterocycles. The molecule has 1 aliphatic heterocycles. The highest BCUT2D eigenvalue weighted by Crippen LogP contribution is 2.33. The van der Waals surface area contributed by atoms with Gasteiger partial charge in [-0.15, -0.1) is 0 Å². The van der Waals surface area contributed by atoms with Crippen molar-refractivity contribution in [3.8, 4) is 6.07 Å². The smallest absolute Gasteiger partial charge is 0.252 e. The second kappa shape index (κ2) is 5.05. The first kappa shape index (κ1) is 12.4. The topological polar surface area (TPSA) is 53.3 Å². The third-order valence-electron chi connectivity index (χ3n) is 4.07. The Bertz CT molecular complexity index is 323. The molecular weight excluding hydrogens is 216 g/mol. The zero-order chi connectivity index (χ0) is 12.3. The van der Waals surface area contributed by atoms with Crippen molar-refractivity contribution in [2.75, 3.05) is 13.7 Å². The van der Waals surface area contributed by atoms with Gasteiger partial charge < -0.3 is 9.64 Å². The lowest BCUT2D eigenvalue weighted by Crippen LogP contribution is -2.52. The Kier molecular flexibility index (Phi) is 3.68. The number of hydrogen-bond donors (Lipinski definition) is 0. The van der Waals surface area contributed by atoms with Crippen molar-refractivity contribution in [2.24, 2.45) is 0 Å². The van der Waals surface area contributed by atoms with E-state index in [1.54, 1.807) is 11.9 Å². The lowest BCUT2D eigenvalue weighted by Gasteiger charge is -2.39. The fraction of sp³-hybridized carbons (Fsp3) is 0.846. The van der Waals surface area contributed by atoms with Gasteiger partial charge >= 0.3 is 0 Å². The predicted octanol–water partition coefficient (Wildman–Crippen LogP) is 1.85. The molecule has 1 unspecified atom stereocenters. The van der Waals surface area contributed by atoms with Gasteiger partial charge in [0.15, 0.2) is 0 Å². The van der Waals surface area contributed by atoms with Gasteiger partial charge in [0.2, 0.25) is 0 Å². The molecule has 0 spiro atoms. The maximum absolute atomic E-state index is 12.3.